The van der Waals surface area contributed by atoms with E-state index in [1.807, 2.05) is 36.4 Å². The van der Waals surface area contributed by atoms with E-state index in [9.17, 15) is 4.79 Å². The number of H-pyrrole nitrogens is 1. The maximum atomic E-state index is 12.3. The van der Waals surface area contributed by atoms with Gasteiger partial charge in [-0.05, 0) is 30.7 Å². The monoisotopic (exact) mass is 306 g/mol. The molecule has 1 amide bonds. The van der Waals surface area contributed by atoms with Gasteiger partial charge in [-0.25, -0.2) is 0 Å². The van der Waals surface area contributed by atoms with Crippen LogP contribution in [0.1, 0.15) is 35.5 Å². The number of carbonyl (C=O) groups is 1. The molecule has 3 heteroatoms. The van der Waals surface area contributed by atoms with Gasteiger partial charge < -0.3 is 10.3 Å². The minimum absolute atomic E-state index is 0.0313. The van der Waals surface area contributed by atoms with Crippen LogP contribution in [0.5, 0.6) is 0 Å². The normalized spacial score (nSPS) is 11.6. The van der Waals surface area contributed by atoms with E-state index in [0.29, 0.717) is 12.1 Å². The third kappa shape index (κ3) is 3.00. The molecule has 0 unspecified atom stereocenters. The predicted octanol–water partition coefficient (Wildman–Crippen LogP) is 4.18. The molecule has 0 fully saturated rings. The van der Waals surface area contributed by atoms with E-state index in [0.717, 1.165) is 11.2 Å². The number of aryl methyl sites for hydroxylation is 1. The predicted molar refractivity (Wildman–Crippen MR) is 94.8 cm³/mol. The standard InChI is InChI=1S/C20H22N2O/c1-14-18(16-11-7-8-12-17(16)22-14)20(2,3)13-21-19(23)15-9-5-4-6-10-15/h4-12,22H,13H2,1-3H3,(H,21,23). The second-order valence-corrected chi connectivity index (χ2v) is 6.60. The average Bonchev–Trinajstić information content (AvgIpc) is 2.90. The molecule has 3 aromatic rings. The van der Waals surface area contributed by atoms with E-state index >= 15 is 0 Å². The number of benzene rings is 2. The van der Waals surface area contributed by atoms with Crippen LogP contribution < -0.4 is 5.32 Å². The summed E-state index contributed by atoms with van der Waals surface area (Å²) in [6, 6.07) is 17.6. The van der Waals surface area contributed by atoms with E-state index in [1.165, 1.54) is 10.9 Å². The molecule has 1 heterocycles. The molecular weight excluding hydrogens is 284 g/mol. The molecule has 0 aliphatic carbocycles. The minimum atomic E-state index is -0.159. The lowest BCUT2D eigenvalue weighted by Gasteiger charge is -2.26. The van der Waals surface area contributed by atoms with E-state index in [4.69, 9.17) is 0 Å². The van der Waals surface area contributed by atoms with Crippen molar-refractivity contribution in [1.29, 1.82) is 0 Å². The van der Waals surface area contributed by atoms with Crippen LogP contribution in [0, 0.1) is 6.92 Å². The molecule has 2 N–H and O–H groups in total. The number of fused-ring (bicyclic) bond motifs is 1. The number of hydrogen-bond acceptors (Lipinski definition) is 1. The van der Waals surface area contributed by atoms with Crippen molar-refractivity contribution in [2.75, 3.05) is 6.54 Å². The molecule has 0 saturated heterocycles. The van der Waals surface area contributed by atoms with Crippen LogP contribution in [0.25, 0.3) is 10.9 Å². The zero-order chi connectivity index (χ0) is 16.4. The van der Waals surface area contributed by atoms with Gasteiger partial charge in [0.05, 0.1) is 0 Å². The first kappa shape index (κ1) is 15.3. The fourth-order valence-corrected chi connectivity index (χ4v) is 3.23. The first-order valence-electron chi connectivity index (χ1n) is 7.90. The van der Waals surface area contributed by atoms with Crippen LogP contribution in [0.15, 0.2) is 54.6 Å². The Balaban J connectivity index is 1.84. The summed E-state index contributed by atoms with van der Waals surface area (Å²) in [4.78, 5) is 15.7. The van der Waals surface area contributed by atoms with Gasteiger partial charge in [0.15, 0.2) is 0 Å². The Morgan fingerprint density at radius 2 is 1.70 bits per heavy atom. The minimum Gasteiger partial charge on any atom is -0.358 e. The van der Waals surface area contributed by atoms with Crippen molar-refractivity contribution in [2.45, 2.75) is 26.2 Å². The SMILES string of the molecule is Cc1[nH]c2ccccc2c1C(C)(C)CNC(=O)c1ccccc1. The van der Waals surface area contributed by atoms with Crippen LogP contribution in [-0.4, -0.2) is 17.4 Å². The number of aromatic nitrogens is 1. The van der Waals surface area contributed by atoms with Gasteiger partial charge in [-0.2, -0.15) is 0 Å². The summed E-state index contributed by atoms with van der Waals surface area (Å²) in [7, 11) is 0. The Morgan fingerprint density at radius 1 is 1.04 bits per heavy atom. The second kappa shape index (κ2) is 5.92. The summed E-state index contributed by atoms with van der Waals surface area (Å²) >= 11 is 0. The average molecular weight is 306 g/mol. The Morgan fingerprint density at radius 3 is 2.43 bits per heavy atom. The molecular formula is C20H22N2O. The van der Waals surface area contributed by atoms with Gasteiger partial charge in [-0.3, -0.25) is 4.79 Å². The van der Waals surface area contributed by atoms with Crippen LogP contribution in [0.4, 0.5) is 0 Å². The Hall–Kier alpha value is -2.55. The van der Waals surface area contributed by atoms with E-state index in [1.54, 1.807) is 0 Å². The van der Waals surface area contributed by atoms with Gasteiger partial charge in [0, 0.05) is 34.1 Å². The molecule has 0 bridgehead atoms. The van der Waals surface area contributed by atoms with Gasteiger partial charge in [-0.15, -0.1) is 0 Å². The lowest BCUT2D eigenvalue weighted by Crippen LogP contribution is -2.37. The number of rotatable bonds is 4. The number of carbonyl (C=O) groups excluding carboxylic acids is 1. The number of hydrogen-bond donors (Lipinski definition) is 2. The molecule has 3 nitrogen and oxygen atoms in total. The third-order valence-electron chi connectivity index (χ3n) is 4.30. The third-order valence-corrected chi connectivity index (χ3v) is 4.30. The highest BCUT2D eigenvalue weighted by Gasteiger charge is 2.27. The molecule has 0 atom stereocenters. The van der Waals surface area contributed by atoms with Gasteiger partial charge >= 0.3 is 0 Å². The molecule has 0 aliphatic rings. The second-order valence-electron chi connectivity index (χ2n) is 6.60. The van der Waals surface area contributed by atoms with Gasteiger partial charge in [0.1, 0.15) is 0 Å². The summed E-state index contributed by atoms with van der Waals surface area (Å²) in [6.07, 6.45) is 0. The highest BCUT2D eigenvalue weighted by atomic mass is 16.1. The molecule has 2 aromatic carbocycles. The topological polar surface area (TPSA) is 44.9 Å². The first-order valence-corrected chi connectivity index (χ1v) is 7.90. The maximum absolute atomic E-state index is 12.3. The van der Waals surface area contributed by atoms with E-state index in [2.05, 4.69) is 49.3 Å². The van der Waals surface area contributed by atoms with Crippen LogP contribution in [0.2, 0.25) is 0 Å². The molecule has 0 saturated carbocycles. The van der Waals surface area contributed by atoms with Crippen LogP contribution >= 0.6 is 0 Å². The molecule has 0 aliphatic heterocycles. The van der Waals surface area contributed by atoms with Crippen LogP contribution in [0.3, 0.4) is 0 Å². The van der Waals surface area contributed by atoms with Crippen molar-refractivity contribution in [3.63, 3.8) is 0 Å². The highest BCUT2D eigenvalue weighted by molar-refractivity contribution is 5.94. The summed E-state index contributed by atoms with van der Waals surface area (Å²) in [6.45, 7) is 7.02. The lowest BCUT2D eigenvalue weighted by molar-refractivity contribution is 0.0945. The quantitative estimate of drug-likeness (QED) is 0.746. The van der Waals surface area contributed by atoms with E-state index in [-0.39, 0.29) is 11.3 Å². The van der Waals surface area contributed by atoms with Crippen molar-refractivity contribution in [3.05, 3.63) is 71.4 Å². The summed E-state index contributed by atoms with van der Waals surface area (Å²) in [5.74, 6) is -0.0313. The van der Waals surface area contributed by atoms with Crippen molar-refractivity contribution in [1.82, 2.24) is 10.3 Å². The summed E-state index contributed by atoms with van der Waals surface area (Å²) in [5, 5.41) is 4.29. The number of para-hydroxylation sites is 1. The fraction of sp³-hybridized carbons (Fsp3) is 0.250. The number of aromatic amines is 1. The molecule has 0 radical (unpaired) electrons. The summed E-state index contributed by atoms with van der Waals surface area (Å²) in [5.41, 5.74) is 4.10. The zero-order valence-electron chi connectivity index (χ0n) is 13.8. The smallest absolute Gasteiger partial charge is 0.251 e. The van der Waals surface area contributed by atoms with E-state index < -0.39 is 0 Å². The molecule has 118 valence electrons. The molecule has 23 heavy (non-hydrogen) atoms. The van der Waals surface area contributed by atoms with Crippen molar-refractivity contribution in [2.24, 2.45) is 0 Å². The Bertz CT molecular complexity index is 831. The zero-order valence-corrected chi connectivity index (χ0v) is 13.8. The van der Waals surface area contributed by atoms with Crippen molar-refractivity contribution < 1.29 is 4.79 Å². The summed E-state index contributed by atoms with van der Waals surface area (Å²) < 4.78 is 0. The Kier molecular flexibility index (Phi) is 3.95. The van der Waals surface area contributed by atoms with Crippen molar-refractivity contribution in [3.8, 4) is 0 Å². The first-order chi connectivity index (χ1) is 11.0. The largest absolute Gasteiger partial charge is 0.358 e. The van der Waals surface area contributed by atoms with Crippen LogP contribution in [-0.2, 0) is 5.41 Å². The lowest BCUT2D eigenvalue weighted by atomic mass is 9.82. The fourth-order valence-electron chi connectivity index (χ4n) is 3.23. The number of amides is 1. The maximum Gasteiger partial charge on any atom is 0.251 e. The van der Waals surface area contributed by atoms with Gasteiger partial charge in [0.2, 0.25) is 0 Å². The Labute approximate surface area is 136 Å². The van der Waals surface area contributed by atoms with Gasteiger partial charge in [-0.1, -0.05) is 50.2 Å². The highest BCUT2D eigenvalue weighted by Crippen LogP contribution is 2.33. The van der Waals surface area contributed by atoms with Gasteiger partial charge in [0.25, 0.3) is 5.91 Å². The molecule has 3 rings (SSSR count). The van der Waals surface area contributed by atoms with Crippen molar-refractivity contribution >= 4 is 16.8 Å². The molecule has 0 spiro atoms. The number of nitrogens with one attached hydrogen (secondary N) is 2. The molecule has 1 aromatic heterocycles.